The summed E-state index contributed by atoms with van der Waals surface area (Å²) in [4.78, 5) is 224. The summed E-state index contributed by atoms with van der Waals surface area (Å²) in [6.45, 7) is 0.537. The predicted molar refractivity (Wildman–Crippen MR) is 448 cm³/mol. The number of aromatic amines is 2. The lowest BCUT2D eigenvalue weighted by atomic mass is 9.96. The summed E-state index contributed by atoms with van der Waals surface area (Å²) in [6, 6.07) is 12.1. The van der Waals surface area contributed by atoms with E-state index in [9.17, 15) is 38.7 Å². The fourth-order valence-electron chi connectivity index (χ4n) is 13.2. The molecular weight excluding hydrogens is 1600 g/mol. The van der Waals surface area contributed by atoms with Crippen LogP contribution in [0.4, 0.5) is 0 Å². The van der Waals surface area contributed by atoms with Crippen molar-refractivity contribution in [2.75, 3.05) is 51.3 Å². The maximum atomic E-state index is 15.4. The zero-order valence-corrected chi connectivity index (χ0v) is 68.6. The number of primary amides is 1. The van der Waals surface area contributed by atoms with Crippen molar-refractivity contribution in [2.24, 2.45) is 30.2 Å². The average Bonchev–Trinajstić information content (AvgIpc) is 0.859. The Kier molecular flexibility index (Phi) is 36.2. The average molecular weight is 1700 g/mol. The Morgan fingerprint density at radius 2 is 1.03 bits per heavy atom. The molecule has 0 bridgehead atoms. The van der Waals surface area contributed by atoms with Gasteiger partial charge in [-0.1, -0.05) is 117 Å². The van der Waals surface area contributed by atoms with Crippen LogP contribution in [0.5, 0.6) is 0 Å². The first kappa shape index (κ1) is 93.7. The second kappa shape index (κ2) is 47.1. The number of likely N-dealkylation sites (N-methyl/N-ethyl adjacent to an activating group) is 1. The molecule has 7 aromatic rings. The first-order valence-corrected chi connectivity index (χ1v) is 40.5. The van der Waals surface area contributed by atoms with Gasteiger partial charge in [0.05, 0.1) is 55.8 Å². The van der Waals surface area contributed by atoms with Gasteiger partial charge in [-0.15, -0.1) is 11.8 Å². The zero-order chi connectivity index (χ0) is 88.4. The number of aliphatic hydroxyl groups excluding tert-OH is 1. The van der Waals surface area contributed by atoms with Crippen molar-refractivity contribution in [3.63, 3.8) is 0 Å². The van der Waals surface area contributed by atoms with Gasteiger partial charge < -0.3 is 116 Å². The fraction of sp³-hybridized carbons (Fsp3) is 0.412. The van der Waals surface area contributed by atoms with Crippen LogP contribution in [0, 0.1) is 16.7 Å². The quantitative estimate of drug-likeness (QED) is 0.0145. The van der Waals surface area contributed by atoms with Gasteiger partial charge in [-0.05, 0) is 59.1 Å². The molecule has 1 fully saturated rings. The van der Waals surface area contributed by atoms with Gasteiger partial charge >= 0.3 is 0 Å². The van der Waals surface area contributed by atoms with Crippen molar-refractivity contribution < 1.29 is 72.2 Å². The number of carbonyl (C=O) groups is 14. The van der Waals surface area contributed by atoms with Crippen LogP contribution in [0.2, 0.25) is 0 Å². The van der Waals surface area contributed by atoms with Gasteiger partial charge in [0.1, 0.15) is 66.5 Å². The summed E-state index contributed by atoms with van der Waals surface area (Å²) in [5, 5.41) is 64.7. The Labute approximate surface area is 706 Å². The summed E-state index contributed by atoms with van der Waals surface area (Å²) < 4.78 is 1.54. The Balaban J connectivity index is 1.19. The molecule has 25 N–H and O–H groups in total. The summed E-state index contributed by atoms with van der Waals surface area (Å²) >= 11 is 0.806. The van der Waals surface area contributed by atoms with Crippen molar-refractivity contribution in [1.82, 2.24) is 109 Å². The van der Waals surface area contributed by atoms with E-state index in [0.29, 0.717) is 27.8 Å². The van der Waals surface area contributed by atoms with Crippen LogP contribution in [0.3, 0.4) is 0 Å². The number of rotatable bonds is 25. The van der Waals surface area contributed by atoms with Crippen LogP contribution in [0.1, 0.15) is 73.3 Å². The second-order valence-corrected chi connectivity index (χ2v) is 30.4. The largest absolute Gasteiger partial charge is 0.394 e. The lowest BCUT2D eigenvalue weighted by Gasteiger charge is -2.33. The van der Waals surface area contributed by atoms with E-state index in [1.807, 2.05) is 24.3 Å². The molecule has 0 saturated carbocycles. The number of benzene rings is 4. The SMILES string of the molecule is CC(C)[C@@H]1NC(=O)[C@H](Cc2ccccc2)NC(=O)CSC[C@@H](C(=O)NCC(N)=O)NC(=O)[C@H](Cc2cncn2C)NC(=O)[C@H](CCCNC(=N)N)NC(=O)[C@H](Cc2c[nH]cn2)NC(=O)[C@H](Cc2ccccc2)N(C)C(=O)[C@H](CCCNC(=N)N)NC(=O)[C@H](CO)NC(=O)CNC(=O)[C@H](Cc2c[nH]cn2)NC(=O)[C@H](Cc2cccc3ccccc23)NC1=O. The van der Waals surface area contributed by atoms with Crippen molar-refractivity contribution in [3.8, 4) is 0 Å². The minimum Gasteiger partial charge on any atom is -0.394 e. The molecule has 122 heavy (non-hydrogen) atoms. The topological polar surface area (TPSA) is 632 Å². The molecule has 8 rings (SSSR count). The van der Waals surface area contributed by atoms with Gasteiger partial charge in [-0.25, -0.2) is 15.0 Å². The number of aliphatic hydroxyl groups is 1. The molecule has 42 heteroatoms. The molecule has 14 amide bonds. The van der Waals surface area contributed by atoms with E-state index in [0.717, 1.165) is 22.0 Å². The molecule has 1 aliphatic heterocycles. The number of thioether (sulfide) groups is 1. The number of guanidine groups is 2. The number of nitrogens with two attached hydrogens (primary N) is 3. The third-order valence-electron chi connectivity index (χ3n) is 19.7. The van der Waals surface area contributed by atoms with Crippen molar-refractivity contribution >= 4 is 117 Å². The Morgan fingerprint density at radius 3 is 1.61 bits per heavy atom. The Morgan fingerprint density at radius 1 is 0.533 bits per heavy atom. The molecule has 1 saturated heterocycles. The summed E-state index contributed by atoms with van der Waals surface area (Å²) in [5.74, 6) is -15.9. The van der Waals surface area contributed by atoms with Gasteiger partial charge in [-0.3, -0.25) is 77.9 Å². The smallest absolute Gasteiger partial charge is 0.245 e. The number of carbonyl (C=O) groups excluding carboxylic acids is 14. The number of fused-ring (bicyclic) bond motifs is 1. The van der Waals surface area contributed by atoms with E-state index in [1.54, 1.807) is 104 Å². The number of nitrogens with one attached hydrogen (secondary N) is 18. The molecule has 11 atom stereocenters. The number of amides is 14. The highest BCUT2D eigenvalue weighted by Crippen LogP contribution is 2.22. The van der Waals surface area contributed by atoms with E-state index in [-0.39, 0.29) is 88.7 Å². The molecular formula is C80H106N26O15S. The molecule has 652 valence electrons. The third-order valence-corrected chi connectivity index (χ3v) is 20.8. The van der Waals surface area contributed by atoms with Crippen LogP contribution < -0.4 is 91.6 Å². The number of aromatic nitrogens is 6. The first-order valence-electron chi connectivity index (χ1n) is 39.3. The van der Waals surface area contributed by atoms with Crippen molar-refractivity contribution in [1.29, 1.82) is 10.8 Å². The lowest BCUT2D eigenvalue weighted by molar-refractivity contribution is -0.143. The molecule has 0 unspecified atom stereocenters. The fourth-order valence-corrected chi connectivity index (χ4v) is 14.1. The number of hydrogen-bond donors (Lipinski definition) is 22. The van der Waals surface area contributed by atoms with Gasteiger partial charge in [0.25, 0.3) is 0 Å². The highest BCUT2D eigenvalue weighted by Gasteiger charge is 2.40. The predicted octanol–water partition coefficient (Wildman–Crippen LogP) is -4.91. The van der Waals surface area contributed by atoms with E-state index in [2.05, 4.69) is 99.4 Å². The van der Waals surface area contributed by atoms with E-state index < -0.39 is 198 Å². The van der Waals surface area contributed by atoms with Gasteiger partial charge in [0.15, 0.2) is 11.9 Å². The molecule has 3 aromatic heterocycles. The monoisotopic (exact) mass is 1700 g/mol. The van der Waals surface area contributed by atoms with E-state index >= 15 is 33.6 Å². The van der Waals surface area contributed by atoms with E-state index in [1.165, 1.54) is 44.6 Å². The zero-order valence-electron chi connectivity index (χ0n) is 67.8. The number of aryl methyl sites for hydroxylation is 1. The molecule has 4 heterocycles. The summed E-state index contributed by atoms with van der Waals surface area (Å²) in [7, 11) is 2.86. The maximum absolute atomic E-state index is 15.4. The summed E-state index contributed by atoms with van der Waals surface area (Å²) in [6.07, 6.45) is 6.34. The maximum Gasteiger partial charge on any atom is 0.245 e. The standard InChI is InChI=1S/C80H106N26O15S/c1-45(2)67-77(120)102-57(30-49-22-13-21-48-20-11-12-23-53(48)49)71(114)99-58(31-50-34-86-42-93-50)68(111)92-38-65(109)96-61(39-107)75(118)98-55(25-15-27-90-80(84)85)78(121)106(4)63(29-47-18-9-6-10-19-47)76(119)101-59(32-51-35-87-43-94-51)72(115)97-54(24-14-26-89-79(82)83)70(113)100-60(33-52-36-88-44-105(52)3)73(116)103-62(69(112)91-37-64(81)108)40-122-41-66(110)95-56(74(117)104-67)28-46-16-7-5-8-17-46/h5-13,16-23,34-36,42-45,54-63,67,107H,14-15,24-33,37-41H2,1-4H3,(H2,81,108)(H,86,93)(H,87,94)(H,91,112)(H,92,111)(H,95,110)(H,96,109)(H,97,115)(H,98,118)(H,99,114)(H,100,113)(H,101,119)(H,102,120)(H,103,116)(H,104,117)(H4,82,83,89)(H4,84,85,90)/t54-,55-,56-,57-,58-,59-,60-,61-,62-,63-,67-/m0/s1. The number of H-pyrrole nitrogens is 2. The molecule has 4 aromatic carbocycles. The van der Waals surface area contributed by atoms with Crippen molar-refractivity contribution in [2.45, 2.75) is 145 Å². The van der Waals surface area contributed by atoms with E-state index in [4.69, 9.17) is 28.0 Å². The minimum absolute atomic E-state index is 0.0170. The van der Waals surface area contributed by atoms with Gasteiger partial charge in [0, 0.05) is 95.7 Å². The van der Waals surface area contributed by atoms with Crippen LogP contribution in [-0.2, 0) is 113 Å². The van der Waals surface area contributed by atoms with Crippen LogP contribution in [0.15, 0.2) is 141 Å². The highest BCUT2D eigenvalue weighted by molar-refractivity contribution is 8.00. The lowest BCUT2D eigenvalue weighted by Crippen LogP contribution is -2.61. The van der Waals surface area contributed by atoms with Gasteiger partial charge in [-0.2, -0.15) is 0 Å². The number of imidazole rings is 3. The molecule has 0 aliphatic carbocycles. The molecule has 1 aliphatic rings. The van der Waals surface area contributed by atoms with Crippen LogP contribution >= 0.6 is 11.8 Å². The normalized spacial score (nSPS) is 21.8. The molecule has 0 spiro atoms. The van der Waals surface area contributed by atoms with Gasteiger partial charge in [0.2, 0.25) is 82.7 Å². The minimum atomic E-state index is -1.83. The summed E-state index contributed by atoms with van der Waals surface area (Å²) in [5.41, 5.74) is 19.2. The second-order valence-electron chi connectivity index (χ2n) is 29.4. The number of hydrogen-bond acceptors (Lipinski definition) is 21. The van der Waals surface area contributed by atoms with Crippen LogP contribution in [-0.4, -0.2) is 252 Å². The van der Waals surface area contributed by atoms with Crippen LogP contribution in [0.25, 0.3) is 10.8 Å². The molecule has 41 nitrogen and oxygen atoms in total. The first-order chi connectivity index (χ1) is 58.4. The molecule has 0 radical (unpaired) electrons. The third kappa shape index (κ3) is 29.6. The van der Waals surface area contributed by atoms with Crippen molar-refractivity contribution in [3.05, 3.63) is 174 Å². The Bertz CT molecular complexity index is 4760. The Hall–Kier alpha value is -13.8. The highest BCUT2D eigenvalue weighted by atomic mass is 32.2. The number of nitrogens with zero attached hydrogens (tertiary/aromatic N) is 5.